The fourth-order valence-corrected chi connectivity index (χ4v) is 7.40. The molecule has 0 aliphatic heterocycles. The van der Waals surface area contributed by atoms with Gasteiger partial charge in [0, 0.05) is 49.4 Å². The summed E-state index contributed by atoms with van der Waals surface area (Å²) >= 11 is 0. The summed E-state index contributed by atoms with van der Waals surface area (Å²) in [6, 6.07) is 0. The zero-order chi connectivity index (χ0) is 36.0. The molecule has 2 saturated carbocycles. The van der Waals surface area contributed by atoms with Crippen molar-refractivity contribution >= 4 is 23.5 Å². The molecular weight excluding hydrogens is 624 g/mol. The van der Waals surface area contributed by atoms with Gasteiger partial charge in [0.15, 0.2) is 0 Å². The number of Topliss-reactive ketones (excluding diaryl/α,β-unsaturated/α-hetero) is 2. The lowest BCUT2D eigenvalue weighted by molar-refractivity contribution is -0.150. The number of hydrogen-bond donors (Lipinski definition) is 4. The van der Waals surface area contributed by atoms with Crippen LogP contribution in [-0.2, 0) is 23.9 Å². The average Bonchev–Trinajstić information content (AvgIpc) is 3.50. The number of esters is 1. The standard InChI is InChI=1S/C40H66O9/c1-3-5-11-17-29(41)23-25-33-31(35(43)27-36(33)44)19-13-8-10-16-22-40(48)49-38-28-37(45)32(20-14-7-9-15-21-39(46)47)34(38)26-24-30(42)18-12-6-4-2/h23-26,29-34,36,38,41-42,44H,3-22,27-28H2,1-2H3,(H,46,47)/b25-23+,26-24+/t29-,30-,31+,32+,33+,34+,36+,38+/m0/s1. The zero-order valence-electron chi connectivity index (χ0n) is 30.3. The van der Waals surface area contributed by atoms with E-state index in [0.29, 0.717) is 38.5 Å². The molecule has 2 fully saturated rings. The number of carbonyl (C=O) groups is 4. The van der Waals surface area contributed by atoms with Crippen molar-refractivity contribution in [2.24, 2.45) is 23.7 Å². The normalized spacial score (nSPS) is 25.5. The highest BCUT2D eigenvalue weighted by Gasteiger charge is 2.43. The summed E-state index contributed by atoms with van der Waals surface area (Å²) in [5.74, 6) is -2.05. The van der Waals surface area contributed by atoms with Gasteiger partial charge in [-0.3, -0.25) is 19.2 Å². The number of carboxylic acids is 1. The molecule has 2 rings (SSSR count). The number of carboxylic acid groups (broad SMARTS) is 1. The molecule has 4 N–H and O–H groups in total. The quantitative estimate of drug-likeness (QED) is 0.0391. The number of carbonyl (C=O) groups excluding carboxylic acids is 3. The molecule has 0 amide bonds. The van der Waals surface area contributed by atoms with Crippen molar-refractivity contribution < 1.29 is 44.3 Å². The van der Waals surface area contributed by atoms with Gasteiger partial charge in [0.1, 0.15) is 17.7 Å². The van der Waals surface area contributed by atoms with Gasteiger partial charge in [-0.2, -0.15) is 0 Å². The zero-order valence-corrected chi connectivity index (χ0v) is 30.3. The molecule has 0 spiro atoms. The second-order valence-electron chi connectivity index (χ2n) is 14.5. The van der Waals surface area contributed by atoms with Gasteiger partial charge in [-0.25, -0.2) is 0 Å². The van der Waals surface area contributed by atoms with E-state index in [1.54, 1.807) is 12.2 Å². The lowest BCUT2D eigenvalue weighted by Gasteiger charge is -2.22. The van der Waals surface area contributed by atoms with Gasteiger partial charge in [-0.05, 0) is 38.5 Å². The third kappa shape index (κ3) is 16.9. The summed E-state index contributed by atoms with van der Waals surface area (Å²) in [7, 11) is 0. The van der Waals surface area contributed by atoms with Crippen molar-refractivity contribution in [3.63, 3.8) is 0 Å². The Morgan fingerprint density at radius 2 is 1.18 bits per heavy atom. The Hall–Kier alpha value is -2.36. The molecule has 0 unspecified atom stereocenters. The summed E-state index contributed by atoms with van der Waals surface area (Å²) in [6.45, 7) is 4.23. The molecule has 8 atom stereocenters. The first-order chi connectivity index (χ1) is 23.6. The van der Waals surface area contributed by atoms with Gasteiger partial charge in [0.05, 0.1) is 18.3 Å². The smallest absolute Gasteiger partial charge is 0.306 e. The summed E-state index contributed by atoms with van der Waals surface area (Å²) in [5, 5.41) is 40.0. The lowest BCUT2D eigenvalue weighted by Crippen LogP contribution is -2.24. The Kier molecular flexibility index (Phi) is 21.6. The van der Waals surface area contributed by atoms with E-state index in [4.69, 9.17) is 9.84 Å². The first-order valence-electron chi connectivity index (χ1n) is 19.4. The number of hydrogen-bond acceptors (Lipinski definition) is 8. The Balaban J connectivity index is 1.82. The van der Waals surface area contributed by atoms with Gasteiger partial charge in [0.25, 0.3) is 0 Å². The number of ether oxygens (including phenoxy) is 1. The average molecular weight is 691 g/mol. The minimum Gasteiger partial charge on any atom is -0.481 e. The molecule has 0 saturated heterocycles. The van der Waals surface area contributed by atoms with E-state index in [0.717, 1.165) is 77.0 Å². The minimum atomic E-state index is -0.799. The molecular formula is C40H66O9. The molecule has 0 aromatic heterocycles. The fraction of sp³-hybridized carbons (Fsp3) is 0.800. The topological polar surface area (TPSA) is 158 Å². The first kappa shape index (κ1) is 42.8. The second-order valence-corrected chi connectivity index (χ2v) is 14.5. The van der Waals surface area contributed by atoms with E-state index in [1.807, 2.05) is 12.2 Å². The molecule has 9 nitrogen and oxygen atoms in total. The van der Waals surface area contributed by atoms with E-state index >= 15 is 0 Å². The maximum absolute atomic E-state index is 13.1. The van der Waals surface area contributed by atoms with Crippen LogP contribution in [0.15, 0.2) is 24.3 Å². The van der Waals surface area contributed by atoms with E-state index in [9.17, 15) is 34.5 Å². The Morgan fingerprint density at radius 3 is 1.73 bits per heavy atom. The van der Waals surface area contributed by atoms with Gasteiger partial charge in [-0.15, -0.1) is 0 Å². The van der Waals surface area contributed by atoms with E-state index in [-0.39, 0.29) is 66.9 Å². The molecule has 0 bridgehead atoms. The summed E-state index contributed by atoms with van der Waals surface area (Å²) in [4.78, 5) is 49.3. The maximum atomic E-state index is 13.1. The van der Waals surface area contributed by atoms with Crippen LogP contribution < -0.4 is 0 Å². The molecule has 2 aliphatic carbocycles. The molecule has 9 heteroatoms. The predicted molar refractivity (Wildman–Crippen MR) is 191 cm³/mol. The number of unbranched alkanes of at least 4 members (excludes halogenated alkanes) is 10. The Morgan fingerprint density at radius 1 is 0.694 bits per heavy atom. The van der Waals surface area contributed by atoms with Crippen LogP contribution in [0.2, 0.25) is 0 Å². The third-order valence-corrected chi connectivity index (χ3v) is 10.3. The molecule has 0 heterocycles. The Labute approximate surface area is 295 Å². The summed E-state index contributed by atoms with van der Waals surface area (Å²) in [6.07, 6.45) is 20.4. The van der Waals surface area contributed by atoms with Gasteiger partial charge in [0.2, 0.25) is 0 Å². The van der Waals surface area contributed by atoms with Crippen LogP contribution in [0.4, 0.5) is 0 Å². The van der Waals surface area contributed by atoms with E-state index in [1.165, 1.54) is 0 Å². The number of ketones is 2. The first-order valence-corrected chi connectivity index (χ1v) is 19.4. The number of aliphatic carboxylic acids is 1. The fourth-order valence-electron chi connectivity index (χ4n) is 7.40. The maximum Gasteiger partial charge on any atom is 0.306 e. The van der Waals surface area contributed by atoms with Gasteiger partial charge < -0.3 is 25.2 Å². The van der Waals surface area contributed by atoms with Crippen LogP contribution >= 0.6 is 0 Å². The van der Waals surface area contributed by atoms with Crippen molar-refractivity contribution in [1.82, 2.24) is 0 Å². The number of aliphatic hydroxyl groups excluding tert-OH is 3. The van der Waals surface area contributed by atoms with Crippen molar-refractivity contribution in [2.75, 3.05) is 0 Å². The Bertz CT molecular complexity index is 1040. The highest BCUT2D eigenvalue weighted by Crippen LogP contribution is 2.37. The van der Waals surface area contributed by atoms with E-state index < -0.39 is 30.4 Å². The highest BCUT2D eigenvalue weighted by atomic mass is 16.5. The van der Waals surface area contributed by atoms with Crippen molar-refractivity contribution in [3.8, 4) is 0 Å². The van der Waals surface area contributed by atoms with Crippen LogP contribution in [0.1, 0.15) is 155 Å². The minimum absolute atomic E-state index is 0.0733. The lowest BCUT2D eigenvalue weighted by atomic mass is 9.88. The summed E-state index contributed by atoms with van der Waals surface area (Å²) < 4.78 is 5.87. The second kappa shape index (κ2) is 24.7. The van der Waals surface area contributed by atoms with Gasteiger partial charge in [-0.1, -0.05) is 115 Å². The largest absolute Gasteiger partial charge is 0.481 e. The summed E-state index contributed by atoms with van der Waals surface area (Å²) in [5.41, 5.74) is 0. The molecule has 0 aromatic carbocycles. The molecule has 2 aliphatic rings. The number of rotatable bonds is 27. The molecule has 49 heavy (non-hydrogen) atoms. The van der Waals surface area contributed by atoms with Crippen molar-refractivity contribution in [3.05, 3.63) is 24.3 Å². The highest BCUT2D eigenvalue weighted by molar-refractivity contribution is 5.85. The van der Waals surface area contributed by atoms with Crippen LogP contribution in [-0.4, -0.2) is 68.3 Å². The van der Waals surface area contributed by atoms with E-state index in [2.05, 4.69) is 13.8 Å². The monoisotopic (exact) mass is 690 g/mol. The molecule has 280 valence electrons. The number of aliphatic hydroxyl groups is 3. The molecule has 0 radical (unpaired) electrons. The third-order valence-electron chi connectivity index (χ3n) is 10.3. The van der Waals surface area contributed by atoms with Crippen LogP contribution in [0.3, 0.4) is 0 Å². The van der Waals surface area contributed by atoms with Gasteiger partial charge >= 0.3 is 11.9 Å². The van der Waals surface area contributed by atoms with Crippen molar-refractivity contribution in [2.45, 2.75) is 180 Å². The van der Waals surface area contributed by atoms with Crippen LogP contribution in [0, 0.1) is 23.7 Å². The predicted octanol–water partition coefficient (Wildman–Crippen LogP) is 7.43. The van der Waals surface area contributed by atoms with Crippen molar-refractivity contribution in [1.29, 1.82) is 0 Å². The SMILES string of the molecule is CCCCC[C@H](O)/C=C/[C@H]1[C@H](O)CC(=O)[C@@H]1CCCCCCC(=O)O[C@@H]1CC(=O)[C@H](CCCCCCC(=O)O)[C@H]1/C=C/[C@@H](O)CCCCC. The molecule has 0 aromatic rings. The van der Waals surface area contributed by atoms with Crippen LogP contribution in [0.5, 0.6) is 0 Å². The van der Waals surface area contributed by atoms with Crippen LogP contribution in [0.25, 0.3) is 0 Å².